The molecule has 1 N–H and O–H groups in total. The van der Waals surface area contributed by atoms with Crippen molar-refractivity contribution in [2.24, 2.45) is 0 Å². The summed E-state index contributed by atoms with van der Waals surface area (Å²) in [5.41, 5.74) is 3.60. The molecule has 3 heterocycles. The van der Waals surface area contributed by atoms with Crippen LogP contribution in [0.1, 0.15) is 42.6 Å². The zero-order valence-corrected chi connectivity index (χ0v) is 12.5. The van der Waals surface area contributed by atoms with Gasteiger partial charge in [-0.3, -0.25) is 4.98 Å². The van der Waals surface area contributed by atoms with Crippen LogP contribution in [0, 0.1) is 25.2 Å². The van der Waals surface area contributed by atoms with Crippen LogP contribution in [0.2, 0.25) is 0 Å². The minimum atomic E-state index is 0.530. The first-order chi connectivity index (χ1) is 9.58. The molecule has 20 heavy (non-hydrogen) atoms. The second-order valence-electron chi connectivity index (χ2n) is 6.23. The summed E-state index contributed by atoms with van der Waals surface area (Å²) >= 11 is 0. The van der Waals surface area contributed by atoms with E-state index in [1.807, 2.05) is 13.8 Å². The molecule has 0 saturated carbocycles. The van der Waals surface area contributed by atoms with Crippen molar-refractivity contribution < 1.29 is 0 Å². The number of aryl methyl sites for hydroxylation is 2. The molecule has 2 fully saturated rings. The molecule has 4 heteroatoms. The van der Waals surface area contributed by atoms with Gasteiger partial charge in [0, 0.05) is 30.9 Å². The van der Waals surface area contributed by atoms with E-state index in [1.54, 1.807) is 0 Å². The summed E-state index contributed by atoms with van der Waals surface area (Å²) < 4.78 is 0. The van der Waals surface area contributed by atoms with Gasteiger partial charge < -0.3 is 10.2 Å². The van der Waals surface area contributed by atoms with Crippen LogP contribution in [0.3, 0.4) is 0 Å². The predicted octanol–water partition coefficient (Wildman–Crippen LogP) is 2.29. The van der Waals surface area contributed by atoms with Crippen molar-refractivity contribution >= 4 is 5.69 Å². The highest BCUT2D eigenvalue weighted by Crippen LogP contribution is 2.33. The predicted molar refractivity (Wildman–Crippen MR) is 79.8 cm³/mol. The molecule has 4 nitrogen and oxygen atoms in total. The largest absolute Gasteiger partial charge is 0.370 e. The molecule has 1 aromatic heterocycles. The van der Waals surface area contributed by atoms with Gasteiger partial charge in [-0.1, -0.05) is 0 Å². The van der Waals surface area contributed by atoms with Crippen LogP contribution >= 0.6 is 0 Å². The minimum absolute atomic E-state index is 0.530. The molecule has 2 unspecified atom stereocenters. The molecule has 0 radical (unpaired) electrons. The van der Waals surface area contributed by atoms with Crippen molar-refractivity contribution in [2.45, 2.75) is 57.7 Å². The second kappa shape index (κ2) is 5.06. The number of nitrogens with zero attached hydrogens (tertiary/aromatic N) is 3. The van der Waals surface area contributed by atoms with Crippen molar-refractivity contribution in [3.8, 4) is 6.07 Å². The van der Waals surface area contributed by atoms with E-state index < -0.39 is 0 Å². The Morgan fingerprint density at radius 1 is 1.30 bits per heavy atom. The number of piperidine rings is 1. The fraction of sp³-hybridized carbons (Fsp3) is 0.625. The van der Waals surface area contributed by atoms with Crippen LogP contribution in [0.15, 0.2) is 6.07 Å². The zero-order valence-electron chi connectivity index (χ0n) is 12.5. The summed E-state index contributed by atoms with van der Waals surface area (Å²) in [5.74, 6) is 0. The molecule has 1 aromatic rings. The topological polar surface area (TPSA) is 52.0 Å². The fourth-order valence-electron chi connectivity index (χ4n) is 3.76. The van der Waals surface area contributed by atoms with Crippen LogP contribution in [0.5, 0.6) is 0 Å². The number of anilines is 1. The third kappa shape index (κ3) is 2.27. The number of nitrogens with one attached hydrogen (secondary N) is 1. The van der Waals surface area contributed by atoms with Gasteiger partial charge in [0.2, 0.25) is 0 Å². The third-order valence-corrected chi connectivity index (χ3v) is 4.80. The van der Waals surface area contributed by atoms with E-state index in [4.69, 9.17) is 0 Å². The molecule has 2 bridgehead atoms. The Bertz CT molecular complexity index is 548. The average molecular weight is 270 g/mol. The first-order valence-corrected chi connectivity index (χ1v) is 7.45. The maximum Gasteiger partial charge on any atom is 0.103 e. The lowest BCUT2D eigenvalue weighted by Crippen LogP contribution is -2.47. The maximum atomic E-state index is 9.42. The van der Waals surface area contributed by atoms with Gasteiger partial charge in [0.25, 0.3) is 0 Å². The lowest BCUT2D eigenvalue weighted by Gasteiger charge is -2.37. The van der Waals surface area contributed by atoms with Crippen LogP contribution in [-0.2, 0) is 0 Å². The molecular formula is C16H22N4. The number of nitriles is 1. The Kier molecular flexibility index (Phi) is 3.39. The van der Waals surface area contributed by atoms with Gasteiger partial charge in [0.15, 0.2) is 0 Å². The lowest BCUT2D eigenvalue weighted by molar-refractivity contribution is 0.354. The number of hydrogen-bond acceptors (Lipinski definition) is 4. The zero-order chi connectivity index (χ0) is 14.3. The van der Waals surface area contributed by atoms with Gasteiger partial charge >= 0.3 is 0 Å². The molecule has 0 spiro atoms. The van der Waals surface area contributed by atoms with E-state index >= 15 is 0 Å². The quantitative estimate of drug-likeness (QED) is 0.896. The summed E-state index contributed by atoms with van der Waals surface area (Å²) in [6, 6.07) is 6.24. The molecule has 0 aliphatic carbocycles. The molecule has 2 aliphatic heterocycles. The number of aromatic nitrogens is 1. The molecule has 0 amide bonds. The highest BCUT2D eigenvalue weighted by molar-refractivity contribution is 5.61. The Morgan fingerprint density at radius 2 is 1.95 bits per heavy atom. The smallest absolute Gasteiger partial charge is 0.103 e. The Morgan fingerprint density at radius 3 is 2.55 bits per heavy atom. The van der Waals surface area contributed by atoms with Crippen molar-refractivity contribution in [3.05, 3.63) is 23.0 Å². The maximum absolute atomic E-state index is 9.42. The van der Waals surface area contributed by atoms with Gasteiger partial charge in [0.1, 0.15) is 6.07 Å². The van der Waals surface area contributed by atoms with Gasteiger partial charge in [-0.05, 0) is 45.6 Å². The van der Waals surface area contributed by atoms with Gasteiger partial charge in [0.05, 0.1) is 16.9 Å². The Labute approximate surface area is 120 Å². The molecule has 2 atom stereocenters. The third-order valence-electron chi connectivity index (χ3n) is 4.80. The summed E-state index contributed by atoms with van der Waals surface area (Å²) in [7, 11) is 2.13. The number of pyridine rings is 1. The van der Waals surface area contributed by atoms with Crippen molar-refractivity contribution in [2.75, 3.05) is 11.9 Å². The van der Waals surface area contributed by atoms with E-state index in [0.717, 1.165) is 22.6 Å². The van der Waals surface area contributed by atoms with Crippen LogP contribution in [-0.4, -0.2) is 30.2 Å². The van der Waals surface area contributed by atoms with Crippen molar-refractivity contribution in [3.63, 3.8) is 0 Å². The standard InChI is InChI=1S/C16H22N4/c1-10-6-16(15(9-17)11(2)18-10)20(3)14-7-12-4-5-13(8-14)19-12/h6,12-14,19H,4-5,7-8H2,1-3H3. The van der Waals surface area contributed by atoms with Crippen LogP contribution in [0.25, 0.3) is 0 Å². The first-order valence-electron chi connectivity index (χ1n) is 7.45. The van der Waals surface area contributed by atoms with Gasteiger partial charge in [-0.2, -0.15) is 5.26 Å². The molecular weight excluding hydrogens is 248 g/mol. The van der Waals surface area contributed by atoms with Crippen molar-refractivity contribution in [1.82, 2.24) is 10.3 Å². The summed E-state index contributed by atoms with van der Waals surface area (Å²) in [5, 5.41) is 13.1. The highest BCUT2D eigenvalue weighted by atomic mass is 15.2. The summed E-state index contributed by atoms with van der Waals surface area (Å²) in [4.78, 5) is 6.73. The average Bonchev–Trinajstić information content (AvgIpc) is 2.75. The van der Waals surface area contributed by atoms with E-state index in [2.05, 4.69) is 34.4 Å². The molecule has 2 aliphatic rings. The van der Waals surface area contributed by atoms with E-state index in [1.165, 1.54) is 25.7 Å². The molecule has 2 saturated heterocycles. The fourth-order valence-corrected chi connectivity index (χ4v) is 3.76. The SMILES string of the molecule is Cc1cc(N(C)C2CC3CCC(C2)N3)c(C#N)c(C)n1. The second-order valence-corrected chi connectivity index (χ2v) is 6.23. The lowest BCUT2D eigenvalue weighted by atomic mass is 9.97. The Hall–Kier alpha value is -1.60. The van der Waals surface area contributed by atoms with Gasteiger partial charge in [-0.15, -0.1) is 0 Å². The van der Waals surface area contributed by atoms with Gasteiger partial charge in [-0.25, -0.2) is 0 Å². The number of rotatable bonds is 2. The normalized spacial score (nSPS) is 28.2. The molecule has 3 rings (SSSR count). The molecule has 106 valence electrons. The van der Waals surface area contributed by atoms with Crippen LogP contribution < -0.4 is 10.2 Å². The monoisotopic (exact) mass is 270 g/mol. The highest BCUT2D eigenvalue weighted by Gasteiger charge is 2.35. The number of hydrogen-bond donors (Lipinski definition) is 1. The van der Waals surface area contributed by atoms with E-state index in [9.17, 15) is 5.26 Å². The summed E-state index contributed by atoms with van der Waals surface area (Å²) in [6.07, 6.45) is 4.96. The van der Waals surface area contributed by atoms with Crippen molar-refractivity contribution in [1.29, 1.82) is 5.26 Å². The first kappa shape index (κ1) is 13.4. The summed E-state index contributed by atoms with van der Waals surface area (Å²) in [6.45, 7) is 3.92. The van der Waals surface area contributed by atoms with E-state index in [0.29, 0.717) is 18.1 Å². The minimum Gasteiger partial charge on any atom is -0.370 e. The molecule has 0 aromatic carbocycles. The number of fused-ring (bicyclic) bond motifs is 2. The Balaban J connectivity index is 1.91. The van der Waals surface area contributed by atoms with E-state index in [-0.39, 0.29) is 0 Å². The van der Waals surface area contributed by atoms with Crippen LogP contribution in [0.4, 0.5) is 5.69 Å².